The zero-order valence-corrected chi connectivity index (χ0v) is 23.7. The number of nitrogens with zero attached hydrogens (tertiary/aromatic N) is 1. The summed E-state index contributed by atoms with van der Waals surface area (Å²) in [7, 11) is 0. The van der Waals surface area contributed by atoms with Crippen molar-refractivity contribution in [2.24, 2.45) is 11.8 Å². The fraction of sp³-hybridized carbons (Fsp3) is 0.257. The quantitative estimate of drug-likeness (QED) is 0.184. The Labute approximate surface area is 244 Å². The van der Waals surface area contributed by atoms with Gasteiger partial charge in [-0.3, -0.25) is 4.79 Å². The summed E-state index contributed by atoms with van der Waals surface area (Å²) < 4.78 is 6.91. The van der Waals surface area contributed by atoms with Crippen LogP contribution in [0.4, 0.5) is 5.69 Å². The van der Waals surface area contributed by atoms with Gasteiger partial charge in [0, 0.05) is 11.3 Å². The van der Waals surface area contributed by atoms with Gasteiger partial charge in [-0.25, -0.2) is 4.98 Å². The SMILES string of the molecule is O=C(Cc1ccccc1-c1nc2ccccc2s1)Nc1ccc(C[C@@H]2CC[C@H]([C@H](O)COc3ccccc3)C2)cc1. The lowest BCUT2D eigenvalue weighted by Crippen LogP contribution is -2.25. The number of hydrogen-bond donors (Lipinski definition) is 2. The number of benzene rings is 4. The molecule has 0 unspecified atom stereocenters. The number of hydrogen-bond acceptors (Lipinski definition) is 5. The summed E-state index contributed by atoms with van der Waals surface area (Å²) in [5, 5.41) is 14.7. The van der Waals surface area contributed by atoms with E-state index in [2.05, 4.69) is 23.5 Å². The minimum atomic E-state index is -0.447. The highest BCUT2D eigenvalue weighted by Crippen LogP contribution is 2.36. The third kappa shape index (κ3) is 6.84. The third-order valence-corrected chi connectivity index (χ3v) is 9.01. The second-order valence-corrected chi connectivity index (χ2v) is 11.9. The number of ether oxygens (including phenoxy) is 1. The first-order chi connectivity index (χ1) is 20.1. The van der Waals surface area contributed by atoms with Crippen molar-refractivity contribution in [2.45, 2.75) is 38.2 Å². The molecule has 6 heteroatoms. The zero-order chi connectivity index (χ0) is 28.0. The van der Waals surface area contributed by atoms with Crippen LogP contribution in [0, 0.1) is 11.8 Å². The molecule has 0 radical (unpaired) electrons. The van der Waals surface area contributed by atoms with E-state index in [9.17, 15) is 9.90 Å². The first kappa shape index (κ1) is 27.2. The Kier molecular flexibility index (Phi) is 8.40. The second-order valence-electron chi connectivity index (χ2n) is 10.9. The summed E-state index contributed by atoms with van der Waals surface area (Å²) in [6.45, 7) is 0.334. The molecular formula is C35H34N2O3S. The molecule has 3 atom stereocenters. The van der Waals surface area contributed by atoms with Crippen molar-refractivity contribution in [3.63, 3.8) is 0 Å². The lowest BCUT2D eigenvalue weighted by molar-refractivity contribution is -0.115. The molecule has 5 aromatic rings. The highest BCUT2D eigenvalue weighted by atomic mass is 32.1. The van der Waals surface area contributed by atoms with Gasteiger partial charge in [0.25, 0.3) is 0 Å². The number of aliphatic hydroxyl groups is 1. The Morgan fingerprint density at radius 1 is 0.927 bits per heavy atom. The zero-order valence-electron chi connectivity index (χ0n) is 22.9. The molecule has 1 aliphatic carbocycles. The predicted molar refractivity (Wildman–Crippen MR) is 166 cm³/mol. The van der Waals surface area contributed by atoms with E-state index >= 15 is 0 Å². The van der Waals surface area contributed by atoms with Crippen molar-refractivity contribution < 1.29 is 14.6 Å². The fourth-order valence-electron chi connectivity index (χ4n) is 5.79. The standard InChI is InChI=1S/C35H34N2O3S/c38-32(23-40-29-9-2-1-3-10-29)27-17-14-25(21-27)20-24-15-18-28(19-16-24)36-34(39)22-26-8-4-5-11-30(26)35-37-31-12-6-7-13-33(31)41-35/h1-13,15-16,18-19,25,27,32,38H,14,17,20-23H2,(H,36,39)/t25-,27-,32+/m0/s1. The Morgan fingerprint density at radius 3 is 2.51 bits per heavy atom. The second kappa shape index (κ2) is 12.7. The molecule has 2 N–H and O–H groups in total. The van der Waals surface area contributed by atoms with E-state index in [1.807, 2.05) is 84.9 Å². The summed E-state index contributed by atoms with van der Waals surface area (Å²) in [6.07, 6.45) is 3.96. The number of anilines is 1. The Bertz CT molecular complexity index is 1570. The number of amides is 1. The summed E-state index contributed by atoms with van der Waals surface area (Å²) in [4.78, 5) is 17.8. The topological polar surface area (TPSA) is 71.5 Å². The van der Waals surface area contributed by atoms with E-state index in [0.29, 0.717) is 12.5 Å². The first-order valence-corrected chi connectivity index (χ1v) is 15.1. The Balaban J connectivity index is 1.01. The molecule has 0 aliphatic heterocycles. The van der Waals surface area contributed by atoms with Crippen LogP contribution in [0.1, 0.15) is 30.4 Å². The maximum absolute atomic E-state index is 13.0. The summed E-state index contributed by atoms with van der Waals surface area (Å²) in [5.41, 5.74) is 5.01. The molecular weight excluding hydrogens is 528 g/mol. The molecule has 4 aromatic carbocycles. The number of para-hydroxylation sites is 2. The van der Waals surface area contributed by atoms with Crippen molar-refractivity contribution in [3.05, 3.63) is 114 Å². The number of rotatable bonds is 10. The van der Waals surface area contributed by atoms with Crippen LogP contribution in [0.2, 0.25) is 0 Å². The lowest BCUT2D eigenvalue weighted by Gasteiger charge is -2.19. The van der Waals surface area contributed by atoms with Crippen molar-refractivity contribution in [2.75, 3.05) is 11.9 Å². The van der Waals surface area contributed by atoms with E-state index in [1.165, 1.54) is 5.56 Å². The van der Waals surface area contributed by atoms with E-state index < -0.39 is 6.10 Å². The predicted octanol–water partition coefficient (Wildman–Crippen LogP) is 7.54. The van der Waals surface area contributed by atoms with Gasteiger partial charge in [0.1, 0.15) is 17.4 Å². The van der Waals surface area contributed by atoms with Crippen LogP contribution < -0.4 is 10.1 Å². The molecule has 1 saturated carbocycles. The van der Waals surface area contributed by atoms with Crippen LogP contribution in [0.3, 0.4) is 0 Å². The smallest absolute Gasteiger partial charge is 0.228 e. The molecule has 1 aromatic heterocycles. The summed E-state index contributed by atoms with van der Waals surface area (Å²) >= 11 is 1.65. The van der Waals surface area contributed by atoms with Crippen LogP contribution in [0.15, 0.2) is 103 Å². The molecule has 1 aliphatic rings. The van der Waals surface area contributed by atoms with E-state index in [0.717, 1.165) is 63.5 Å². The number of fused-ring (bicyclic) bond motifs is 1. The van der Waals surface area contributed by atoms with Gasteiger partial charge in [-0.2, -0.15) is 0 Å². The molecule has 6 rings (SSSR count). The molecule has 41 heavy (non-hydrogen) atoms. The molecule has 1 fully saturated rings. The fourth-order valence-corrected chi connectivity index (χ4v) is 6.82. The Morgan fingerprint density at radius 2 is 1.68 bits per heavy atom. The molecule has 1 heterocycles. The largest absolute Gasteiger partial charge is 0.491 e. The van der Waals surface area contributed by atoms with E-state index in [-0.39, 0.29) is 18.2 Å². The van der Waals surface area contributed by atoms with Gasteiger partial charge >= 0.3 is 0 Å². The van der Waals surface area contributed by atoms with Crippen LogP contribution in [0.25, 0.3) is 20.8 Å². The molecule has 0 bridgehead atoms. The van der Waals surface area contributed by atoms with Gasteiger partial charge in [0.2, 0.25) is 5.91 Å². The van der Waals surface area contributed by atoms with Crippen molar-refractivity contribution >= 4 is 33.1 Å². The monoisotopic (exact) mass is 562 g/mol. The van der Waals surface area contributed by atoms with Gasteiger partial charge in [-0.15, -0.1) is 11.3 Å². The Hall–Kier alpha value is -4.00. The number of aromatic nitrogens is 1. The molecule has 5 nitrogen and oxygen atoms in total. The number of carbonyl (C=O) groups is 1. The van der Waals surface area contributed by atoms with Gasteiger partial charge in [-0.1, -0.05) is 66.7 Å². The average molecular weight is 563 g/mol. The molecule has 1 amide bonds. The van der Waals surface area contributed by atoms with Gasteiger partial charge in [0.05, 0.1) is 22.7 Å². The van der Waals surface area contributed by atoms with Crippen molar-refractivity contribution in [1.82, 2.24) is 4.98 Å². The highest BCUT2D eigenvalue weighted by molar-refractivity contribution is 7.21. The first-order valence-electron chi connectivity index (χ1n) is 14.3. The van der Waals surface area contributed by atoms with Crippen LogP contribution in [0.5, 0.6) is 5.75 Å². The minimum absolute atomic E-state index is 0.0448. The summed E-state index contributed by atoms with van der Waals surface area (Å²) in [5.74, 6) is 1.57. The van der Waals surface area contributed by atoms with E-state index in [1.54, 1.807) is 11.3 Å². The van der Waals surface area contributed by atoms with Gasteiger partial charge < -0.3 is 15.2 Å². The molecule has 0 saturated heterocycles. The minimum Gasteiger partial charge on any atom is -0.491 e. The normalized spacial score (nSPS) is 17.4. The third-order valence-electron chi connectivity index (χ3n) is 7.94. The number of carbonyl (C=O) groups excluding carboxylic acids is 1. The molecule has 208 valence electrons. The number of nitrogens with one attached hydrogen (secondary N) is 1. The van der Waals surface area contributed by atoms with Crippen LogP contribution in [-0.4, -0.2) is 28.7 Å². The lowest BCUT2D eigenvalue weighted by atomic mass is 9.95. The summed E-state index contributed by atoms with van der Waals surface area (Å²) in [6, 6.07) is 34.0. The molecule has 0 spiro atoms. The highest BCUT2D eigenvalue weighted by Gasteiger charge is 2.30. The van der Waals surface area contributed by atoms with Crippen LogP contribution in [-0.2, 0) is 17.6 Å². The number of thiazole rings is 1. The average Bonchev–Trinajstić information content (AvgIpc) is 3.65. The van der Waals surface area contributed by atoms with Gasteiger partial charge in [-0.05, 0) is 85.0 Å². The van der Waals surface area contributed by atoms with E-state index in [4.69, 9.17) is 9.72 Å². The van der Waals surface area contributed by atoms with Crippen molar-refractivity contribution in [1.29, 1.82) is 0 Å². The maximum Gasteiger partial charge on any atom is 0.228 e. The van der Waals surface area contributed by atoms with Gasteiger partial charge in [0.15, 0.2) is 0 Å². The number of aliphatic hydroxyl groups excluding tert-OH is 1. The van der Waals surface area contributed by atoms with Crippen molar-refractivity contribution in [3.8, 4) is 16.3 Å². The maximum atomic E-state index is 13.0. The van der Waals surface area contributed by atoms with Crippen LogP contribution >= 0.6 is 11.3 Å².